The van der Waals surface area contributed by atoms with Crippen molar-refractivity contribution < 1.29 is 4.74 Å². The summed E-state index contributed by atoms with van der Waals surface area (Å²) in [6.07, 6.45) is 4.06. The van der Waals surface area contributed by atoms with Crippen LogP contribution in [-0.2, 0) is 4.74 Å². The predicted octanol–water partition coefficient (Wildman–Crippen LogP) is 2.48. The third-order valence-electron chi connectivity index (χ3n) is 3.08. The van der Waals surface area contributed by atoms with Crippen LogP contribution in [0.2, 0.25) is 0 Å². The molecule has 2 aliphatic rings. The van der Waals surface area contributed by atoms with Crippen molar-refractivity contribution in [3.63, 3.8) is 0 Å². The normalized spacial score (nSPS) is 28.6. The van der Waals surface area contributed by atoms with Gasteiger partial charge in [0, 0.05) is 0 Å². The molecule has 0 aromatic carbocycles. The van der Waals surface area contributed by atoms with Gasteiger partial charge in [0.05, 0.1) is 12.4 Å². The standard InChI is InChI=1S/C9H14O/c1-7-8(2)10-6-5-9(7)3-4-9/h3-6H2,1-2H3. The van der Waals surface area contributed by atoms with E-state index in [1.54, 1.807) is 0 Å². The Morgan fingerprint density at radius 2 is 1.90 bits per heavy atom. The van der Waals surface area contributed by atoms with Crippen LogP contribution in [0.25, 0.3) is 0 Å². The third-order valence-corrected chi connectivity index (χ3v) is 3.08. The molecule has 0 aromatic rings. The van der Waals surface area contributed by atoms with Gasteiger partial charge in [-0.05, 0) is 44.1 Å². The molecule has 2 rings (SSSR count). The molecule has 10 heavy (non-hydrogen) atoms. The van der Waals surface area contributed by atoms with Gasteiger partial charge in [-0.15, -0.1) is 0 Å². The van der Waals surface area contributed by atoms with Crippen molar-refractivity contribution in [3.05, 3.63) is 11.3 Å². The van der Waals surface area contributed by atoms with Crippen LogP contribution in [0.4, 0.5) is 0 Å². The fraction of sp³-hybridized carbons (Fsp3) is 0.778. The second-order valence-electron chi connectivity index (χ2n) is 3.56. The monoisotopic (exact) mass is 138 g/mol. The van der Waals surface area contributed by atoms with E-state index in [4.69, 9.17) is 4.74 Å². The number of hydrogen-bond acceptors (Lipinski definition) is 1. The summed E-state index contributed by atoms with van der Waals surface area (Å²) in [5.74, 6) is 1.18. The van der Waals surface area contributed by atoms with Crippen molar-refractivity contribution in [1.82, 2.24) is 0 Å². The highest BCUT2D eigenvalue weighted by Gasteiger charge is 2.46. The van der Waals surface area contributed by atoms with Crippen LogP contribution in [0.5, 0.6) is 0 Å². The first kappa shape index (κ1) is 6.26. The third kappa shape index (κ3) is 0.695. The summed E-state index contributed by atoms with van der Waals surface area (Å²) in [5, 5.41) is 0. The van der Waals surface area contributed by atoms with Crippen LogP contribution in [-0.4, -0.2) is 6.61 Å². The van der Waals surface area contributed by atoms with E-state index in [0.29, 0.717) is 5.41 Å². The molecule has 1 heterocycles. The van der Waals surface area contributed by atoms with Crippen LogP contribution in [0.1, 0.15) is 33.1 Å². The topological polar surface area (TPSA) is 9.23 Å². The Hall–Kier alpha value is -0.460. The molecule has 1 nitrogen and oxygen atoms in total. The fourth-order valence-electron chi connectivity index (χ4n) is 1.84. The summed E-state index contributed by atoms with van der Waals surface area (Å²) in [5.41, 5.74) is 2.13. The lowest BCUT2D eigenvalue weighted by molar-refractivity contribution is 0.160. The maximum absolute atomic E-state index is 5.45. The zero-order valence-electron chi connectivity index (χ0n) is 6.74. The minimum atomic E-state index is 0.613. The number of ether oxygens (including phenoxy) is 1. The summed E-state index contributed by atoms with van der Waals surface area (Å²) in [4.78, 5) is 0. The molecular weight excluding hydrogens is 124 g/mol. The molecule has 0 atom stereocenters. The summed E-state index contributed by atoms with van der Waals surface area (Å²) >= 11 is 0. The van der Waals surface area contributed by atoms with Crippen molar-refractivity contribution >= 4 is 0 Å². The van der Waals surface area contributed by atoms with Gasteiger partial charge in [0.2, 0.25) is 0 Å². The van der Waals surface area contributed by atoms with Crippen LogP contribution in [0, 0.1) is 5.41 Å². The summed E-state index contributed by atoms with van der Waals surface area (Å²) < 4.78 is 5.45. The Labute approximate surface area is 62.1 Å². The van der Waals surface area contributed by atoms with Crippen LogP contribution < -0.4 is 0 Å². The van der Waals surface area contributed by atoms with E-state index in [1.807, 2.05) is 0 Å². The molecule has 1 fully saturated rings. The first-order valence-corrected chi connectivity index (χ1v) is 4.05. The Bertz CT molecular complexity index is 187. The molecule has 0 aromatic heterocycles. The number of allylic oxidation sites excluding steroid dienone is 2. The maximum atomic E-state index is 5.45. The Balaban J connectivity index is 2.30. The molecule has 1 heteroatoms. The molecule has 0 N–H and O–H groups in total. The molecule has 0 unspecified atom stereocenters. The smallest absolute Gasteiger partial charge is 0.0923 e. The molecule has 0 bridgehead atoms. The minimum Gasteiger partial charge on any atom is -0.498 e. The molecule has 0 radical (unpaired) electrons. The fourth-order valence-corrected chi connectivity index (χ4v) is 1.84. The predicted molar refractivity (Wildman–Crippen MR) is 40.6 cm³/mol. The molecule has 0 saturated heterocycles. The van der Waals surface area contributed by atoms with Crippen molar-refractivity contribution in [3.8, 4) is 0 Å². The van der Waals surface area contributed by atoms with Crippen molar-refractivity contribution in [2.24, 2.45) is 5.41 Å². The Morgan fingerprint density at radius 1 is 1.20 bits per heavy atom. The van der Waals surface area contributed by atoms with E-state index in [-0.39, 0.29) is 0 Å². The number of rotatable bonds is 0. The van der Waals surface area contributed by atoms with E-state index in [9.17, 15) is 0 Å². The molecule has 1 saturated carbocycles. The zero-order valence-corrected chi connectivity index (χ0v) is 6.74. The van der Waals surface area contributed by atoms with Crippen LogP contribution in [0.15, 0.2) is 11.3 Å². The molecule has 1 aliphatic carbocycles. The van der Waals surface area contributed by atoms with Gasteiger partial charge in [-0.1, -0.05) is 0 Å². The molecule has 1 aliphatic heterocycles. The lowest BCUT2D eigenvalue weighted by Crippen LogP contribution is -2.15. The quantitative estimate of drug-likeness (QED) is 0.499. The van der Waals surface area contributed by atoms with Crippen LogP contribution >= 0.6 is 0 Å². The maximum Gasteiger partial charge on any atom is 0.0923 e. The van der Waals surface area contributed by atoms with Gasteiger partial charge in [-0.25, -0.2) is 0 Å². The van der Waals surface area contributed by atoms with Crippen LogP contribution in [0.3, 0.4) is 0 Å². The summed E-state index contributed by atoms with van der Waals surface area (Å²) in [7, 11) is 0. The lowest BCUT2D eigenvalue weighted by atomic mass is 9.91. The van der Waals surface area contributed by atoms with Crippen molar-refractivity contribution in [1.29, 1.82) is 0 Å². The Morgan fingerprint density at radius 3 is 2.40 bits per heavy atom. The van der Waals surface area contributed by atoms with E-state index in [0.717, 1.165) is 6.61 Å². The van der Waals surface area contributed by atoms with Gasteiger partial charge in [0.25, 0.3) is 0 Å². The molecule has 0 amide bonds. The van der Waals surface area contributed by atoms with Gasteiger partial charge in [0.1, 0.15) is 0 Å². The second-order valence-corrected chi connectivity index (χ2v) is 3.56. The number of hydrogen-bond donors (Lipinski definition) is 0. The van der Waals surface area contributed by atoms with E-state index in [2.05, 4.69) is 13.8 Å². The lowest BCUT2D eigenvalue weighted by Gasteiger charge is -2.24. The molecular formula is C9H14O. The van der Waals surface area contributed by atoms with Gasteiger partial charge in [-0.3, -0.25) is 0 Å². The van der Waals surface area contributed by atoms with E-state index < -0.39 is 0 Å². The highest BCUT2D eigenvalue weighted by atomic mass is 16.5. The Kier molecular flexibility index (Phi) is 1.11. The van der Waals surface area contributed by atoms with E-state index in [1.165, 1.54) is 30.6 Å². The van der Waals surface area contributed by atoms with Crippen molar-refractivity contribution in [2.45, 2.75) is 33.1 Å². The van der Waals surface area contributed by atoms with Gasteiger partial charge < -0.3 is 4.74 Å². The SMILES string of the molecule is CC1=C(C)C2(CCO1)CC2. The highest BCUT2D eigenvalue weighted by Crippen LogP contribution is 2.57. The average molecular weight is 138 g/mol. The van der Waals surface area contributed by atoms with Gasteiger partial charge in [-0.2, -0.15) is 0 Å². The zero-order chi connectivity index (χ0) is 7.19. The van der Waals surface area contributed by atoms with Gasteiger partial charge >= 0.3 is 0 Å². The summed E-state index contributed by atoms with van der Waals surface area (Å²) in [6.45, 7) is 5.26. The average Bonchev–Trinajstić information content (AvgIpc) is 2.65. The molecule has 56 valence electrons. The van der Waals surface area contributed by atoms with E-state index >= 15 is 0 Å². The van der Waals surface area contributed by atoms with Crippen molar-refractivity contribution in [2.75, 3.05) is 6.61 Å². The van der Waals surface area contributed by atoms with Gasteiger partial charge in [0.15, 0.2) is 0 Å². The summed E-state index contributed by atoms with van der Waals surface area (Å²) in [6, 6.07) is 0. The first-order valence-electron chi connectivity index (χ1n) is 4.05. The largest absolute Gasteiger partial charge is 0.498 e. The highest BCUT2D eigenvalue weighted by molar-refractivity contribution is 5.23. The first-order chi connectivity index (χ1) is 4.75. The minimum absolute atomic E-state index is 0.613. The second kappa shape index (κ2) is 1.77. The molecule has 1 spiro atoms.